The highest BCUT2D eigenvalue weighted by Gasteiger charge is 2.22. The highest BCUT2D eigenvalue weighted by atomic mass is 35.5. The standard InChI is InChI=1S/C30H32ClN3O/c1-21-6-9-24(10-7-21)30(35)32-26-11-8-22(2)25(20-26)12-16-33-17-14-27(15-18-33)34-19-13-23-4-3-5-28(31)29(23)34/h3-11,13,19-20,27H,12,14-18H2,1-2H3,(H,32,35). The van der Waals surface area contributed by atoms with Gasteiger partial charge >= 0.3 is 0 Å². The van der Waals surface area contributed by atoms with E-state index in [0.717, 1.165) is 60.7 Å². The minimum absolute atomic E-state index is 0.0699. The van der Waals surface area contributed by atoms with Crippen LogP contribution < -0.4 is 5.32 Å². The fourth-order valence-electron chi connectivity index (χ4n) is 5.10. The van der Waals surface area contributed by atoms with E-state index in [2.05, 4.69) is 52.2 Å². The van der Waals surface area contributed by atoms with Crippen molar-refractivity contribution in [1.29, 1.82) is 0 Å². The van der Waals surface area contributed by atoms with E-state index >= 15 is 0 Å². The number of likely N-dealkylation sites (tertiary alicyclic amines) is 1. The fraction of sp³-hybridized carbons (Fsp3) is 0.300. The van der Waals surface area contributed by atoms with Gasteiger partial charge < -0.3 is 14.8 Å². The van der Waals surface area contributed by atoms with Gasteiger partial charge in [-0.1, -0.05) is 47.5 Å². The number of carbonyl (C=O) groups is 1. The number of nitrogens with zero attached hydrogens (tertiary/aromatic N) is 2. The molecule has 1 N–H and O–H groups in total. The average molecular weight is 486 g/mol. The van der Waals surface area contributed by atoms with E-state index < -0.39 is 0 Å². The highest BCUT2D eigenvalue weighted by Crippen LogP contribution is 2.31. The van der Waals surface area contributed by atoms with Crippen molar-refractivity contribution in [2.75, 3.05) is 25.0 Å². The zero-order valence-corrected chi connectivity index (χ0v) is 21.2. The van der Waals surface area contributed by atoms with Crippen molar-refractivity contribution in [3.05, 3.63) is 100 Å². The van der Waals surface area contributed by atoms with Gasteiger partial charge in [0.2, 0.25) is 0 Å². The van der Waals surface area contributed by atoms with Crippen LogP contribution in [0, 0.1) is 13.8 Å². The molecule has 4 nitrogen and oxygen atoms in total. The van der Waals surface area contributed by atoms with Crippen LogP contribution >= 0.6 is 11.6 Å². The van der Waals surface area contributed by atoms with E-state index in [9.17, 15) is 4.79 Å². The van der Waals surface area contributed by atoms with Crippen LogP contribution in [0.3, 0.4) is 0 Å². The van der Waals surface area contributed by atoms with E-state index in [4.69, 9.17) is 11.6 Å². The normalized spacial score (nSPS) is 14.9. The van der Waals surface area contributed by atoms with Crippen molar-refractivity contribution in [2.45, 2.75) is 39.2 Å². The largest absolute Gasteiger partial charge is 0.343 e. The topological polar surface area (TPSA) is 37.3 Å². The summed E-state index contributed by atoms with van der Waals surface area (Å²) in [7, 11) is 0. The van der Waals surface area contributed by atoms with Crippen molar-refractivity contribution >= 4 is 34.1 Å². The number of amides is 1. The number of nitrogens with one attached hydrogen (secondary N) is 1. The van der Waals surface area contributed by atoms with Gasteiger partial charge in [0.1, 0.15) is 0 Å². The minimum atomic E-state index is -0.0699. The lowest BCUT2D eigenvalue weighted by molar-refractivity contribution is 0.102. The quantitative estimate of drug-likeness (QED) is 0.318. The molecule has 0 unspecified atom stereocenters. The summed E-state index contributed by atoms with van der Waals surface area (Å²) < 4.78 is 2.37. The number of carbonyl (C=O) groups excluding carboxylic acids is 1. The summed E-state index contributed by atoms with van der Waals surface area (Å²) in [6.45, 7) is 7.36. The Morgan fingerprint density at radius 3 is 2.54 bits per heavy atom. The van der Waals surface area contributed by atoms with Crippen LogP contribution in [0.2, 0.25) is 5.02 Å². The second kappa shape index (κ2) is 10.3. The number of piperidine rings is 1. The predicted octanol–water partition coefficient (Wildman–Crippen LogP) is 7.04. The molecule has 1 aliphatic rings. The zero-order chi connectivity index (χ0) is 24.4. The minimum Gasteiger partial charge on any atom is -0.343 e. The van der Waals surface area contributed by atoms with Crippen LogP contribution in [0.5, 0.6) is 0 Å². The molecule has 0 saturated carbocycles. The lowest BCUT2D eigenvalue weighted by Gasteiger charge is -2.33. The molecule has 0 bridgehead atoms. The summed E-state index contributed by atoms with van der Waals surface area (Å²) in [6, 6.07) is 22.7. The Bertz CT molecular complexity index is 1330. The SMILES string of the molecule is Cc1ccc(C(=O)Nc2ccc(C)c(CCN3CCC(n4ccc5cccc(Cl)c54)CC3)c2)cc1. The number of fused-ring (bicyclic) bond motifs is 1. The predicted molar refractivity (Wildman–Crippen MR) is 146 cm³/mol. The molecule has 180 valence electrons. The van der Waals surface area contributed by atoms with Gasteiger partial charge in [-0.3, -0.25) is 4.79 Å². The molecular formula is C30H32ClN3O. The summed E-state index contributed by atoms with van der Waals surface area (Å²) in [5.41, 5.74) is 6.39. The van der Waals surface area contributed by atoms with Gasteiger partial charge in [-0.05, 0) is 80.6 Å². The van der Waals surface area contributed by atoms with Crippen LogP contribution in [-0.2, 0) is 6.42 Å². The van der Waals surface area contributed by atoms with Crippen molar-refractivity contribution in [2.24, 2.45) is 0 Å². The molecule has 0 spiro atoms. The summed E-state index contributed by atoms with van der Waals surface area (Å²) in [5, 5.41) is 5.10. The van der Waals surface area contributed by atoms with Gasteiger partial charge in [-0.15, -0.1) is 0 Å². The van der Waals surface area contributed by atoms with E-state index in [1.54, 1.807) is 0 Å². The summed E-state index contributed by atoms with van der Waals surface area (Å²) in [6.07, 6.45) is 5.42. The second-order valence-electron chi connectivity index (χ2n) is 9.68. The average Bonchev–Trinajstić information content (AvgIpc) is 3.31. The molecule has 35 heavy (non-hydrogen) atoms. The van der Waals surface area contributed by atoms with Gasteiger partial charge in [0.25, 0.3) is 5.91 Å². The number of aryl methyl sites for hydroxylation is 2. The van der Waals surface area contributed by atoms with Crippen LogP contribution in [0.25, 0.3) is 10.9 Å². The number of rotatable bonds is 6. The van der Waals surface area contributed by atoms with Crippen molar-refractivity contribution in [3.8, 4) is 0 Å². The third kappa shape index (κ3) is 5.29. The summed E-state index contributed by atoms with van der Waals surface area (Å²) in [5.74, 6) is -0.0699. The molecule has 3 aromatic carbocycles. The molecule has 1 aliphatic heterocycles. The number of hydrogen-bond acceptors (Lipinski definition) is 2. The molecule has 2 heterocycles. The van der Waals surface area contributed by atoms with E-state index in [-0.39, 0.29) is 5.91 Å². The van der Waals surface area contributed by atoms with Crippen LogP contribution in [0.1, 0.15) is 45.9 Å². The number of para-hydroxylation sites is 1. The first kappa shape index (κ1) is 23.7. The van der Waals surface area contributed by atoms with Gasteiger partial charge in [0.05, 0.1) is 10.5 Å². The number of aromatic nitrogens is 1. The molecule has 1 fully saturated rings. The second-order valence-corrected chi connectivity index (χ2v) is 10.1. The van der Waals surface area contributed by atoms with E-state index in [1.807, 2.05) is 49.4 Å². The molecule has 0 atom stereocenters. The lowest BCUT2D eigenvalue weighted by atomic mass is 10.0. The van der Waals surface area contributed by atoms with Crippen molar-refractivity contribution in [1.82, 2.24) is 9.47 Å². The molecule has 5 rings (SSSR count). The van der Waals surface area contributed by atoms with Gasteiger partial charge in [0, 0.05) is 48.5 Å². The number of anilines is 1. The maximum atomic E-state index is 12.6. The lowest BCUT2D eigenvalue weighted by Crippen LogP contribution is -2.35. The Kier molecular flexibility index (Phi) is 6.94. The van der Waals surface area contributed by atoms with E-state index in [1.165, 1.54) is 16.5 Å². The van der Waals surface area contributed by atoms with Gasteiger partial charge in [-0.2, -0.15) is 0 Å². The summed E-state index contributed by atoms with van der Waals surface area (Å²) in [4.78, 5) is 15.2. The Morgan fingerprint density at radius 2 is 1.77 bits per heavy atom. The number of hydrogen-bond donors (Lipinski definition) is 1. The Morgan fingerprint density at radius 1 is 1.00 bits per heavy atom. The van der Waals surface area contributed by atoms with Crippen LogP contribution in [-0.4, -0.2) is 35.0 Å². The first-order valence-corrected chi connectivity index (χ1v) is 12.8. The number of halogens is 1. The fourth-order valence-corrected chi connectivity index (χ4v) is 5.38. The maximum absolute atomic E-state index is 12.6. The van der Waals surface area contributed by atoms with Crippen molar-refractivity contribution in [3.63, 3.8) is 0 Å². The molecule has 1 amide bonds. The maximum Gasteiger partial charge on any atom is 0.255 e. The van der Waals surface area contributed by atoms with Gasteiger partial charge in [-0.25, -0.2) is 0 Å². The number of benzene rings is 3. The smallest absolute Gasteiger partial charge is 0.255 e. The van der Waals surface area contributed by atoms with E-state index in [0.29, 0.717) is 11.6 Å². The van der Waals surface area contributed by atoms with Crippen molar-refractivity contribution < 1.29 is 4.79 Å². The highest BCUT2D eigenvalue weighted by molar-refractivity contribution is 6.35. The zero-order valence-electron chi connectivity index (χ0n) is 20.4. The Hall–Kier alpha value is -3.08. The molecule has 4 aromatic rings. The Labute approximate surface area is 212 Å². The summed E-state index contributed by atoms with van der Waals surface area (Å²) >= 11 is 6.51. The third-order valence-corrected chi connectivity index (χ3v) is 7.56. The molecule has 1 saturated heterocycles. The van der Waals surface area contributed by atoms with Crippen LogP contribution in [0.15, 0.2) is 72.9 Å². The first-order chi connectivity index (χ1) is 17.0. The first-order valence-electron chi connectivity index (χ1n) is 12.4. The molecule has 0 radical (unpaired) electrons. The monoisotopic (exact) mass is 485 g/mol. The van der Waals surface area contributed by atoms with Crippen LogP contribution in [0.4, 0.5) is 5.69 Å². The Balaban J connectivity index is 1.18. The molecule has 1 aromatic heterocycles. The molecule has 5 heteroatoms. The third-order valence-electron chi connectivity index (χ3n) is 7.26. The molecular weight excluding hydrogens is 454 g/mol. The molecule has 0 aliphatic carbocycles. The van der Waals surface area contributed by atoms with Gasteiger partial charge in [0.15, 0.2) is 0 Å².